The molecule has 3 aromatic rings. The Balaban J connectivity index is 1.46. The Kier molecular flexibility index (Phi) is 7.55. The van der Waals surface area contributed by atoms with Gasteiger partial charge in [-0.25, -0.2) is 9.07 Å². The van der Waals surface area contributed by atoms with E-state index < -0.39 is 11.9 Å². The number of rotatable bonds is 8. The van der Waals surface area contributed by atoms with Gasteiger partial charge in [0.15, 0.2) is 0 Å². The third-order valence-corrected chi connectivity index (χ3v) is 7.15. The summed E-state index contributed by atoms with van der Waals surface area (Å²) in [7, 11) is 0. The molecule has 2 aromatic carbocycles. The second-order valence-corrected chi connectivity index (χ2v) is 9.71. The van der Waals surface area contributed by atoms with Crippen LogP contribution in [0.25, 0.3) is 11.0 Å². The van der Waals surface area contributed by atoms with E-state index in [4.69, 9.17) is 4.74 Å². The molecule has 8 nitrogen and oxygen atoms in total. The molecule has 2 aliphatic rings. The average molecular weight is 494 g/mol. The minimum atomic E-state index is -0.904. The molecule has 2 atom stereocenters. The SMILES string of the molecule is O=C(NC1CCCCC1)C(c1ccc(F)cc1)N(CC1CCCO1)C(=O)Cn1nnc2ccccc21. The van der Waals surface area contributed by atoms with Gasteiger partial charge in [0, 0.05) is 19.2 Å². The summed E-state index contributed by atoms with van der Waals surface area (Å²) >= 11 is 0. The number of benzene rings is 2. The van der Waals surface area contributed by atoms with E-state index in [-0.39, 0.29) is 37.0 Å². The van der Waals surface area contributed by atoms with Crippen molar-refractivity contribution in [3.8, 4) is 0 Å². The van der Waals surface area contributed by atoms with Crippen molar-refractivity contribution in [2.24, 2.45) is 0 Å². The molecule has 36 heavy (non-hydrogen) atoms. The molecule has 0 bridgehead atoms. The van der Waals surface area contributed by atoms with Crippen molar-refractivity contribution < 1.29 is 18.7 Å². The Hall–Kier alpha value is -3.33. The van der Waals surface area contributed by atoms with Crippen LogP contribution in [0.2, 0.25) is 0 Å². The van der Waals surface area contributed by atoms with Crippen LogP contribution in [0.1, 0.15) is 56.6 Å². The van der Waals surface area contributed by atoms with Crippen LogP contribution in [0.5, 0.6) is 0 Å². The Morgan fingerprint density at radius 2 is 1.83 bits per heavy atom. The molecule has 1 saturated heterocycles. The van der Waals surface area contributed by atoms with Gasteiger partial charge < -0.3 is 15.0 Å². The van der Waals surface area contributed by atoms with Crippen LogP contribution in [0, 0.1) is 5.82 Å². The predicted octanol–water partition coefficient (Wildman–Crippen LogP) is 3.77. The van der Waals surface area contributed by atoms with Crippen molar-refractivity contribution in [2.45, 2.75) is 69.7 Å². The zero-order chi connectivity index (χ0) is 24.9. The lowest BCUT2D eigenvalue weighted by molar-refractivity contribution is -0.143. The maximum Gasteiger partial charge on any atom is 0.247 e. The van der Waals surface area contributed by atoms with Gasteiger partial charge in [0.05, 0.1) is 11.6 Å². The van der Waals surface area contributed by atoms with Crippen molar-refractivity contribution in [3.05, 3.63) is 59.9 Å². The second kappa shape index (κ2) is 11.2. The molecule has 0 radical (unpaired) electrons. The van der Waals surface area contributed by atoms with Crippen molar-refractivity contribution in [1.29, 1.82) is 0 Å². The van der Waals surface area contributed by atoms with Gasteiger partial charge in [0.1, 0.15) is 23.9 Å². The number of nitrogens with zero attached hydrogens (tertiary/aromatic N) is 4. The maximum atomic E-state index is 13.8. The molecule has 1 aliphatic carbocycles. The van der Waals surface area contributed by atoms with Gasteiger partial charge in [-0.1, -0.05) is 48.7 Å². The van der Waals surface area contributed by atoms with Crippen LogP contribution in [-0.2, 0) is 20.9 Å². The third kappa shape index (κ3) is 5.56. The molecule has 2 heterocycles. The van der Waals surface area contributed by atoms with Gasteiger partial charge in [0.25, 0.3) is 0 Å². The number of hydrogen-bond donors (Lipinski definition) is 1. The lowest BCUT2D eigenvalue weighted by Crippen LogP contribution is -2.49. The topological polar surface area (TPSA) is 89.4 Å². The molecule has 5 rings (SSSR count). The maximum absolute atomic E-state index is 13.8. The second-order valence-electron chi connectivity index (χ2n) is 9.71. The van der Waals surface area contributed by atoms with Crippen LogP contribution in [-0.4, -0.2) is 57.0 Å². The predicted molar refractivity (Wildman–Crippen MR) is 132 cm³/mol. The largest absolute Gasteiger partial charge is 0.376 e. The number of hydrogen-bond acceptors (Lipinski definition) is 5. The van der Waals surface area contributed by atoms with Gasteiger partial charge in [-0.15, -0.1) is 5.10 Å². The molecular formula is C27H32FN5O3. The van der Waals surface area contributed by atoms with Gasteiger partial charge in [0.2, 0.25) is 11.8 Å². The molecule has 2 amide bonds. The van der Waals surface area contributed by atoms with E-state index in [0.29, 0.717) is 17.7 Å². The average Bonchev–Trinajstić information content (AvgIpc) is 3.56. The Morgan fingerprint density at radius 1 is 1.06 bits per heavy atom. The normalized spacial score (nSPS) is 19.3. The first kappa shape index (κ1) is 24.4. The van der Waals surface area contributed by atoms with Gasteiger partial charge in [-0.2, -0.15) is 0 Å². The highest BCUT2D eigenvalue weighted by Crippen LogP contribution is 2.27. The zero-order valence-corrected chi connectivity index (χ0v) is 20.3. The molecule has 0 spiro atoms. The lowest BCUT2D eigenvalue weighted by atomic mass is 9.94. The Bertz CT molecular complexity index is 1190. The molecule has 9 heteroatoms. The summed E-state index contributed by atoms with van der Waals surface area (Å²) in [6.45, 7) is 0.836. The monoisotopic (exact) mass is 493 g/mol. The summed E-state index contributed by atoms with van der Waals surface area (Å²) in [5.41, 5.74) is 2.01. The number of aromatic nitrogens is 3. The van der Waals surface area contributed by atoms with Crippen molar-refractivity contribution >= 4 is 22.8 Å². The fourth-order valence-electron chi connectivity index (χ4n) is 5.26. The van der Waals surface area contributed by atoms with Crippen LogP contribution in [0.4, 0.5) is 4.39 Å². The molecule has 190 valence electrons. The van der Waals surface area contributed by atoms with Gasteiger partial charge in [-0.3, -0.25) is 9.59 Å². The van der Waals surface area contributed by atoms with Crippen LogP contribution < -0.4 is 5.32 Å². The number of carbonyl (C=O) groups excluding carboxylic acids is 2. The molecule has 1 aliphatic heterocycles. The molecule has 2 fully saturated rings. The quantitative estimate of drug-likeness (QED) is 0.516. The first-order valence-electron chi connectivity index (χ1n) is 12.8. The van der Waals surface area contributed by atoms with Crippen LogP contribution in [0.3, 0.4) is 0 Å². The van der Waals surface area contributed by atoms with Crippen LogP contribution in [0.15, 0.2) is 48.5 Å². The summed E-state index contributed by atoms with van der Waals surface area (Å²) < 4.78 is 21.2. The van der Waals surface area contributed by atoms with Crippen molar-refractivity contribution in [3.63, 3.8) is 0 Å². The minimum Gasteiger partial charge on any atom is -0.376 e. The first-order valence-corrected chi connectivity index (χ1v) is 12.8. The first-order chi connectivity index (χ1) is 17.6. The number of nitrogens with one attached hydrogen (secondary N) is 1. The fourth-order valence-corrected chi connectivity index (χ4v) is 5.26. The Morgan fingerprint density at radius 3 is 2.58 bits per heavy atom. The highest BCUT2D eigenvalue weighted by Gasteiger charge is 2.35. The number of para-hydroxylation sites is 1. The highest BCUT2D eigenvalue weighted by atomic mass is 19.1. The fraction of sp³-hybridized carbons (Fsp3) is 0.481. The van der Waals surface area contributed by atoms with Crippen molar-refractivity contribution in [1.82, 2.24) is 25.2 Å². The Labute approximate surface area is 209 Å². The number of fused-ring (bicyclic) bond motifs is 1. The van der Waals surface area contributed by atoms with E-state index in [2.05, 4.69) is 15.6 Å². The third-order valence-electron chi connectivity index (χ3n) is 7.15. The number of halogens is 1. The van der Waals surface area contributed by atoms with E-state index in [1.807, 2.05) is 24.3 Å². The number of ether oxygens (including phenoxy) is 1. The van der Waals surface area contributed by atoms with E-state index >= 15 is 0 Å². The smallest absolute Gasteiger partial charge is 0.247 e. The molecular weight excluding hydrogens is 461 g/mol. The van der Waals surface area contributed by atoms with E-state index in [0.717, 1.165) is 44.0 Å². The van der Waals surface area contributed by atoms with Crippen LogP contribution >= 0.6 is 0 Å². The number of carbonyl (C=O) groups is 2. The summed E-state index contributed by atoms with van der Waals surface area (Å²) in [5.74, 6) is -0.908. The molecule has 2 unspecified atom stereocenters. The van der Waals surface area contributed by atoms with E-state index in [1.54, 1.807) is 21.7 Å². The summed E-state index contributed by atoms with van der Waals surface area (Å²) in [6, 6.07) is 12.4. The standard InChI is InChI=1S/C27H32FN5O3/c28-20-14-12-19(13-15-20)26(27(35)29-21-7-2-1-3-8-21)32(17-22-9-6-16-36-22)25(34)18-33-24-11-5-4-10-23(24)30-31-33/h4-5,10-15,21-22,26H,1-3,6-9,16-18H2,(H,29,35). The molecule has 1 saturated carbocycles. The van der Waals surface area contributed by atoms with Gasteiger partial charge >= 0.3 is 0 Å². The minimum absolute atomic E-state index is 0.0678. The van der Waals surface area contributed by atoms with Crippen molar-refractivity contribution in [2.75, 3.05) is 13.2 Å². The number of amides is 2. The summed E-state index contributed by atoms with van der Waals surface area (Å²) in [6.07, 6.45) is 6.73. The lowest BCUT2D eigenvalue weighted by Gasteiger charge is -2.34. The molecule has 1 N–H and O–H groups in total. The van der Waals surface area contributed by atoms with E-state index in [1.165, 1.54) is 18.6 Å². The summed E-state index contributed by atoms with van der Waals surface area (Å²) in [4.78, 5) is 29.2. The summed E-state index contributed by atoms with van der Waals surface area (Å²) in [5, 5.41) is 11.5. The van der Waals surface area contributed by atoms with E-state index in [9.17, 15) is 14.0 Å². The van der Waals surface area contributed by atoms with Gasteiger partial charge in [-0.05, 0) is 55.5 Å². The highest BCUT2D eigenvalue weighted by molar-refractivity contribution is 5.89. The molecule has 1 aromatic heterocycles. The zero-order valence-electron chi connectivity index (χ0n) is 20.3.